The number of aromatic nitrogens is 2. The summed E-state index contributed by atoms with van der Waals surface area (Å²) >= 11 is 0. The minimum absolute atomic E-state index is 0.0236. The van der Waals surface area contributed by atoms with Crippen molar-refractivity contribution >= 4 is 55.8 Å². The Bertz CT molecular complexity index is 3800. The van der Waals surface area contributed by atoms with Gasteiger partial charge in [0, 0.05) is 44.1 Å². The molecule has 2 nitrogen and oxygen atoms in total. The first-order chi connectivity index (χ1) is 31.6. The molecule has 14 rings (SSSR count). The Morgan fingerprint density at radius 2 is 1.00 bits per heavy atom. The van der Waals surface area contributed by atoms with E-state index >= 15 is 0 Å². The summed E-state index contributed by atoms with van der Waals surface area (Å²) in [4.78, 5) is 0. The summed E-state index contributed by atoms with van der Waals surface area (Å²) in [6.45, 7) is 23.3. The Balaban J connectivity index is 1.25. The van der Waals surface area contributed by atoms with Gasteiger partial charge in [-0.25, -0.2) is 0 Å². The third kappa shape index (κ3) is 4.59. The van der Waals surface area contributed by atoms with E-state index in [2.05, 4.69) is 218 Å². The van der Waals surface area contributed by atoms with E-state index < -0.39 is 5.41 Å². The SMILES string of the molecule is Cc1ccc(-c2c(-c3ccc(C)cc3)n3c4c(cccc24)B2c4c-3ccc3c4-n4c5c2cc(C(C)(C)C)cc5c2cc(C(C)(C)C)cc(c24)C32c3cc(C)ccc3-c3ccc(C)cc32)cc1. The highest BCUT2D eigenvalue weighted by molar-refractivity contribution is 7.00. The molecule has 0 bridgehead atoms. The van der Waals surface area contributed by atoms with Gasteiger partial charge >= 0.3 is 0 Å². The maximum atomic E-state index is 2.77. The fraction of sp³-hybridized carbons (Fsp3) is 0.206. The average Bonchev–Trinajstić information content (AvgIpc) is 3.90. The number of benzene rings is 8. The van der Waals surface area contributed by atoms with E-state index in [0.29, 0.717) is 0 Å². The van der Waals surface area contributed by atoms with Crippen molar-refractivity contribution in [2.45, 2.75) is 85.5 Å². The lowest BCUT2D eigenvalue weighted by molar-refractivity contribution is 0.588. The number of rotatable bonds is 2. The van der Waals surface area contributed by atoms with Gasteiger partial charge in [0.05, 0.1) is 16.6 Å². The summed E-state index contributed by atoms with van der Waals surface area (Å²) in [5.74, 6) is 0. The second-order valence-corrected chi connectivity index (χ2v) is 22.4. The molecule has 0 atom stereocenters. The van der Waals surface area contributed by atoms with Crippen molar-refractivity contribution in [1.82, 2.24) is 9.13 Å². The Hall–Kier alpha value is -6.84. The normalized spacial score (nSPS) is 14.6. The van der Waals surface area contributed by atoms with Gasteiger partial charge < -0.3 is 9.13 Å². The van der Waals surface area contributed by atoms with Crippen LogP contribution in [0.5, 0.6) is 0 Å². The average molecular weight is 849 g/mol. The van der Waals surface area contributed by atoms with Crippen LogP contribution in [0.4, 0.5) is 0 Å². The lowest BCUT2D eigenvalue weighted by atomic mass is 9.33. The summed E-state index contributed by atoms with van der Waals surface area (Å²) in [6.07, 6.45) is 0. The third-order valence-electron chi connectivity index (χ3n) is 16.2. The smallest absolute Gasteiger partial charge is 0.252 e. The largest absolute Gasteiger partial charge is 0.310 e. The van der Waals surface area contributed by atoms with Gasteiger partial charge in [-0.15, -0.1) is 0 Å². The second-order valence-electron chi connectivity index (χ2n) is 22.4. The molecule has 1 spiro atoms. The van der Waals surface area contributed by atoms with Gasteiger partial charge in [-0.1, -0.05) is 185 Å². The van der Waals surface area contributed by atoms with E-state index in [9.17, 15) is 0 Å². The summed E-state index contributed by atoms with van der Waals surface area (Å²) in [6, 6.07) is 55.7. The van der Waals surface area contributed by atoms with Gasteiger partial charge in [0.15, 0.2) is 0 Å². The molecule has 0 saturated heterocycles. The van der Waals surface area contributed by atoms with Gasteiger partial charge in [0.25, 0.3) is 6.71 Å². The fourth-order valence-corrected chi connectivity index (χ4v) is 13.1. The molecule has 0 unspecified atom stereocenters. The molecule has 0 radical (unpaired) electrons. The quantitative estimate of drug-likeness (QED) is 0.153. The highest BCUT2D eigenvalue weighted by atomic mass is 15.1. The molecule has 0 N–H and O–H groups in total. The van der Waals surface area contributed by atoms with Gasteiger partial charge in [-0.05, 0) is 129 Å². The lowest BCUT2D eigenvalue weighted by Gasteiger charge is -2.44. The van der Waals surface area contributed by atoms with Crippen LogP contribution in [0.2, 0.25) is 0 Å². The van der Waals surface area contributed by atoms with Crippen LogP contribution in [0.1, 0.15) is 97.2 Å². The standard InChI is InChI=1S/C63H53BN2/c1-34-14-20-38(21-15-34)54-44-12-11-13-51-58(44)65(56(54)39-22-16-35(2)17-23-39)53-27-26-47-60-55(53)64(51)52-33-41(62(8,9)10)31-46-45-30-40(61(5,6)7)32-50(57(45)66(60)59(46)52)63(47)48-28-36(3)18-24-42(48)43-25-19-37(4)29-49(43)63/h11-33H,1-10H3. The van der Waals surface area contributed by atoms with Crippen LogP contribution in [0.15, 0.2) is 140 Å². The fourth-order valence-electron chi connectivity index (χ4n) is 13.1. The molecule has 3 heteroatoms. The molecule has 0 saturated carbocycles. The van der Waals surface area contributed by atoms with Crippen molar-refractivity contribution in [2.24, 2.45) is 0 Å². The number of fused-ring (bicyclic) bond motifs is 11. The maximum Gasteiger partial charge on any atom is 0.252 e. The van der Waals surface area contributed by atoms with Crippen LogP contribution < -0.4 is 16.4 Å². The second kappa shape index (κ2) is 12.3. The number of nitrogens with zero attached hydrogens (tertiary/aromatic N) is 2. The zero-order chi connectivity index (χ0) is 45.1. The molecule has 0 amide bonds. The molecule has 0 fully saturated rings. The van der Waals surface area contributed by atoms with Gasteiger partial charge in [-0.3, -0.25) is 0 Å². The predicted molar refractivity (Wildman–Crippen MR) is 280 cm³/mol. The first kappa shape index (κ1) is 38.4. The van der Waals surface area contributed by atoms with Crippen molar-refractivity contribution in [3.05, 3.63) is 195 Å². The summed E-state index contributed by atoms with van der Waals surface area (Å²) in [5.41, 5.74) is 31.5. The molecule has 5 heterocycles. The van der Waals surface area contributed by atoms with E-state index in [-0.39, 0.29) is 17.5 Å². The van der Waals surface area contributed by atoms with Crippen LogP contribution in [0, 0.1) is 27.7 Å². The van der Waals surface area contributed by atoms with E-state index in [1.807, 2.05) is 0 Å². The minimum atomic E-state index is -0.540. The van der Waals surface area contributed by atoms with Crippen molar-refractivity contribution in [2.75, 3.05) is 0 Å². The van der Waals surface area contributed by atoms with Gasteiger partial charge in [0.2, 0.25) is 0 Å². The molecule has 2 aromatic heterocycles. The van der Waals surface area contributed by atoms with Crippen molar-refractivity contribution in [1.29, 1.82) is 0 Å². The highest BCUT2D eigenvalue weighted by Gasteiger charge is 2.55. The lowest BCUT2D eigenvalue weighted by Crippen LogP contribution is -2.60. The van der Waals surface area contributed by atoms with Crippen LogP contribution in [0.25, 0.3) is 77.6 Å². The zero-order valence-electron chi connectivity index (χ0n) is 39.8. The van der Waals surface area contributed by atoms with E-state index in [1.165, 1.54) is 150 Å². The number of hydrogen-bond acceptors (Lipinski definition) is 0. The highest BCUT2D eigenvalue weighted by Crippen LogP contribution is 2.62. The topological polar surface area (TPSA) is 9.86 Å². The van der Waals surface area contributed by atoms with Crippen LogP contribution in [0.3, 0.4) is 0 Å². The first-order valence-electron chi connectivity index (χ1n) is 24.0. The molecule has 4 aliphatic rings. The van der Waals surface area contributed by atoms with Crippen LogP contribution in [-0.2, 0) is 16.2 Å². The van der Waals surface area contributed by atoms with E-state index in [4.69, 9.17) is 0 Å². The van der Waals surface area contributed by atoms with E-state index in [1.54, 1.807) is 0 Å². The molecule has 1 aliphatic carbocycles. The van der Waals surface area contributed by atoms with Crippen LogP contribution >= 0.6 is 0 Å². The van der Waals surface area contributed by atoms with E-state index in [0.717, 1.165) is 0 Å². The summed E-state index contributed by atoms with van der Waals surface area (Å²) in [5, 5.41) is 4.05. The molecule has 318 valence electrons. The summed E-state index contributed by atoms with van der Waals surface area (Å²) < 4.78 is 5.46. The molecular formula is C63H53BN2. The maximum absolute atomic E-state index is 2.77. The predicted octanol–water partition coefficient (Wildman–Crippen LogP) is 13.7. The number of aryl methyl sites for hydroxylation is 4. The molecule has 10 aromatic rings. The molecule has 8 aromatic carbocycles. The minimum Gasteiger partial charge on any atom is -0.310 e. The third-order valence-corrected chi connectivity index (χ3v) is 16.2. The molecule has 66 heavy (non-hydrogen) atoms. The summed E-state index contributed by atoms with van der Waals surface area (Å²) in [7, 11) is 0. The number of hydrogen-bond donors (Lipinski definition) is 0. The first-order valence-corrected chi connectivity index (χ1v) is 24.0. The Morgan fingerprint density at radius 3 is 1.62 bits per heavy atom. The zero-order valence-corrected chi connectivity index (χ0v) is 39.8. The van der Waals surface area contributed by atoms with Crippen molar-refractivity contribution < 1.29 is 0 Å². The number of para-hydroxylation sites is 1. The monoisotopic (exact) mass is 848 g/mol. The Morgan fingerprint density at radius 1 is 0.439 bits per heavy atom. The Kier molecular flexibility index (Phi) is 7.18. The molecular weight excluding hydrogens is 796 g/mol. The van der Waals surface area contributed by atoms with Crippen molar-refractivity contribution in [3.8, 4) is 44.9 Å². The Labute approximate surface area is 388 Å². The van der Waals surface area contributed by atoms with Crippen molar-refractivity contribution in [3.63, 3.8) is 0 Å². The van der Waals surface area contributed by atoms with Gasteiger partial charge in [-0.2, -0.15) is 0 Å². The molecule has 3 aliphatic heterocycles. The van der Waals surface area contributed by atoms with Crippen LogP contribution in [-0.4, -0.2) is 15.8 Å². The van der Waals surface area contributed by atoms with Gasteiger partial charge in [0.1, 0.15) is 0 Å².